The molecule has 2 rings (SSSR count). The number of phenols is 2. The third kappa shape index (κ3) is 9.92. The van der Waals surface area contributed by atoms with Crippen LogP contribution in [0.4, 0.5) is 0 Å². The molecule has 0 saturated heterocycles. The molecule has 2 aromatic carbocycles. The van der Waals surface area contributed by atoms with Crippen LogP contribution in [0.1, 0.15) is 130 Å². The van der Waals surface area contributed by atoms with Gasteiger partial charge in [0.05, 0.1) is 25.5 Å². The van der Waals surface area contributed by atoms with Crippen LogP contribution < -0.4 is 0 Å². The van der Waals surface area contributed by atoms with Crippen LogP contribution in [0.3, 0.4) is 0 Å². The van der Waals surface area contributed by atoms with Crippen molar-refractivity contribution >= 4 is 15.2 Å². The number of hydrogen-bond donors (Lipinski definition) is 2. The first-order valence-electron chi connectivity index (χ1n) is 15.3. The molecular weight excluding hydrogens is 598 g/mol. The van der Waals surface area contributed by atoms with Gasteiger partial charge in [0.2, 0.25) is 0 Å². The van der Waals surface area contributed by atoms with Gasteiger partial charge in [-0.3, -0.25) is 9.13 Å². The summed E-state index contributed by atoms with van der Waals surface area (Å²) in [6.07, 6.45) is -0.331. The maximum Gasteiger partial charge on any atom is 0.362 e. The van der Waals surface area contributed by atoms with Gasteiger partial charge in [-0.05, 0) is 68.9 Å². The van der Waals surface area contributed by atoms with Crippen molar-refractivity contribution in [1.29, 1.82) is 0 Å². The van der Waals surface area contributed by atoms with Crippen molar-refractivity contribution in [3.05, 3.63) is 57.6 Å². The number of rotatable bonds is 11. The third-order valence-electron chi connectivity index (χ3n) is 7.24. The molecule has 2 atom stereocenters. The van der Waals surface area contributed by atoms with Crippen molar-refractivity contribution in [2.45, 2.75) is 131 Å². The molecule has 0 bridgehead atoms. The van der Waals surface area contributed by atoms with E-state index in [1.54, 1.807) is 38.1 Å². The van der Waals surface area contributed by atoms with Crippen molar-refractivity contribution in [3.63, 3.8) is 0 Å². The summed E-state index contributed by atoms with van der Waals surface area (Å²) in [5, 5.41) is 22.3. The molecule has 0 amide bonds. The molecule has 250 valence electrons. The van der Waals surface area contributed by atoms with Crippen molar-refractivity contribution in [2.24, 2.45) is 0 Å². The van der Waals surface area contributed by atoms with Gasteiger partial charge in [0.1, 0.15) is 11.5 Å². The van der Waals surface area contributed by atoms with Gasteiger partial charge < -0.3 is 19.3 Å². The van der Waals surface area contributed by atoms with E-state index < -0.39 is 15.2 Å². The molecule has 2 N–H and O–H groups in total. The van der Waals surface area contributed by atoms with Crippen molar-refractivity contribution in [1.82, 2.24) is 0 Å². The molecule has 0 saturated carbocycles. The minimum atomic E-state index is -4.00. The van der Waals surface area contributed by atoms with Gasteiger partial charge in [0.25, 0.3) is 0 Å². The molecule has 0 fully saturated rings. The summed E-state index contributed by atoms with van der Waals surface area (Å²) in [6.45, 7) is 27.5. The standard InChI is InChI=1S/C34H56O8P2/c1-15-39-43(37,21-23-17-25(31(3,4)5)29(35)26(18-23)32(6,7)8)41-42-44(38,40-16-2)22-24-19-27(33(9,10)11)30(36)28(20-24)34(12,13)14/h17-20,35-36H,15-16,21-22H2,1-14H3. The maximum atomic E-state index is 14.1. The Morgan fingerprint density at radius 2 is 0.750 bits per heavy atom. The van der Waals surface area contributed by atoms with E-state index in [-0.39, 0.29) is 58.7 Å². The predicted octanol–water partition coefficient (Wildman–Crippen LogP) is 10.4. The summed E-state index contributed by atoms with van der Waals surface area (Å²) in [4.78, 5) is 0. The van der Waals surface area contributed by atoms with E-state index in [1.165, 1.54) is 0 Å². The van der Waals surface area contributed by atoms with Gasteiger partial charge in [-0.2, -0.15) is 0 Å². The van der Waals surface area contributed by atoms with Gasteiger partial charge in [0, 0.05) is 0 Å². The van der Waals surface area contributed by atoms with E-state index in [4.69, 9.17) is 18.4 Å². The van der Waals surface area contributed by atoms with E-state index in [0.717, 1.165) is 0 Å². The number of benzene rings is 2. The van der Waals surface area contributed by atoms with Gasteiger partial charge in [-0.1, -0.05) is 107 Å². The van der Waals surface area contributed by atoms with Crippen molar-refractivity contribution in [3.8, 4) is 11.5 Å². The Labute approximate surface area is 265 Å². The number of hydrogen-bond acceptors (Lipinski definition) is 8. The predicted molar refractivity (Wildman–Crippen MR) is 179 cm³/mol. The Kier molecular flexibility index (Phi) is 11.9. The maximum absolute atomic E-state index is 14.1. The second kappa shape index (κ2) is 13.6. The first-order chi connectivity index (χ1) is 19.8. The fourth-order valence-electron chi connectivity index (χ4n) is 4.99. The first-order valence-corrected chi connectivity index (χ1v) is 18.8. The molecule has 8 nitrogen and oxygen atoms in total. The molecule has 0 aliphatic heterocycles. The van der Waals surface area contributed by atoms with E-state index in [9.17, 15) is 19.3 Å². The molecule has 44 heavy (non-hydrogen) atoms. The minimum absolute atomic E-state index is 0.0672. The Morgan fingerprint density at radius 3 is 0.932 bits per heavy atom. The lowest BCUT2D eigenvalue weighted by molar-refractivity contribution is -0.125. The Morgan fingerprint density at radius 1 is 0.523 bits per heavy atom. The van der Waals surface area contributed by atoms with Crippen LogP contribution in [0.2, 0.25) is 0 Å². The quantitative estimate of drug-likeness (QED) is 0.140. The average molecular weight is 655 g/mol. The highest BCUT2D eigenvalue weighted by Gasteiger charge is 2.37. The molecule has 0 aromatic heterocycles. The minimum Gasteiger partial charge on any atom is -0.507 e. The Hall–Kier alpha value is -1.66. The third-order valence-corrected chi connectivity index (χ3v) is 10.8. The zero-order valence-corrected chi connectivity index (χ0v) is 31.2. The fourth-order valence-corrected chi connectivity index (χ4v) is 8.22. The van der Waals surface area contributed by atoms with E-state index in [2.05, 4.69) is 0 Å². The van der Waals surface area contributed by atoms with Crippen LogP contribution in [-0.4, -0.2) is 23.4 Å². The summed E-state index contributed by atoms with van der Waals surface area (Å²) < 4.78 is 50.4. The van der Waals surface area contributed by atoms with Crippen LogP contribution in [0.25, 0.3) is 0 Å². The highest BCUT2D eigenvalue weighted by atomic mass is 31.2. The van der Waals surface area contributed by atoms with Crippen LogP contribution in [0, 0.1) is 0 Å². The molecule has 10 heteroatoms. The van der Waals surface area contributed by atoms with Crippen LogP contribution >= 0.6 is 15.2 Å². The average Bonchev–Trinajstić information content (AvgIpc) is 2.82. The van der Waals surface area contributed by atoms with Crippen molar-refractivity contribution < 1.29 is 37.7 Å². The normalized spacial score (nSPS) is 16.0. The van der Waals surface area contributed by atoms with Crippen LogP contribution in [-0.2, 0) is 61.5 Å². The first kappa shape index (κ1) is 38.5. The highest BCUT2D eigenvalue weighted by molar-refractivity contribution is 7.55. The molecule has 0 aliphatic rings. The summed E-state index contributed by atoms with van der Waals surface area (Å²) >= 11 is 0. The second-order valence-electron chi connectivity index (χ2n) is 15.6. The monoisotopic (exact) mass is 654 g/mol. The lowest BCUT2D eigenvalue weighted by Gasteiger charge is -2.29. The molecule has 0 radical (unpaired) electrons. The summed E-state index contributed by atoms with van der Waals surface area (Å²) in [6, 6.07) is 7.22. The molecule has 0 aliphatic carbocycles. The SMILES string of the molecule is CCOP(=O)(Cc1cc(C(C)(C)C)c(O)c(C(C)(C)C)c1)OOP(=O)(Cc1cc(C(C)(C)C)c(O)c(C(C)(C)C)c1)OCC. The summed E-state index contributed by atoms with van der Waals surface area (Å²) in [5.41, 5.74) is 2.54. The summed E-state index contributed by atoms with van der Waals surface area (Å²) in [7, 11) is -8.00. The highest BCUT2D eigenvalue weighted by Crippen LogP contribution is 2.60. The lowest BCUT2D eigenvalue weighted by Crippen LogP contribution is -2.18. The second-order valence-corrected chi connectivity index (χ2v) is 19.5. The largest absolute Gasteiger partial charge is 0.507 e. The molecule has 0 heterocycles. The van der Waals surface area contributed by atoms with Gasteiger partial charge in [-0.25, -0.2) is 0 Å². The topological polar surface area (TPSA) is 112 Å². The van der Waals surface area contributed by atoms with Gasteiger partial charge >= 0.3 is 15.2 Å². The lowest BCUT2D eigenvalue weighted by atomic mass is 9.78. The summed E-state index contributed by atoms with van der Waals surface area (Å²) in [5.74, 6) is 0.410. The van der Waals surface area contributed by atoms with E-state index in [1.807, 2.05) is 83.1 Å². The zero-order valence-electron chi connectivity index (χ0n) is 29.4. The number of phenolic OH excluding ortho intramolecular Hbond substituents is 2. The van der Waals surface area contributed by atoms with Crippen LogP contribution in [0.15, 0.2) is 24.3 Å². The van der Waals surface area contributed by atoms with E-state index >= 15 is 0 Å². The Balaban J connectivity index is 2.53. The molecule has 2 unspecified atom stereocenters. The van der Waals surface area contributed by atoms with Gasteiger partial charge in [-0.15, -0.1) is 9.35 Å². The molecule has 2 aromatic rings. The van der Waals surface area contributed by atoms with E-state index in [0.29, 0.717) is 33.4 Å². The molecular formula is C34H56O8P2. The van der Waals surface area contributed by atoms with Crippen molar-refractivity contribution in [2.75, 3.05) is 13.2 Å². The smallest absolute Gasteiger partial charge is 0.362 e. The van der Waals surface area contributed by atoms with Gasteiger partial charge in [0.15, 0.2) is 0 Å². The fraction of sp³-hybridized carbons (Fsp3) is 0.647. The molecule has 0 spiro atoms. The van der Waals surface area contributed by atoms with Crippen LogP contribution in [0.5, 0.6) is 11.5 Å². The Bertz CT molecular complexity index is 1220. The number of aromatic hydroxyl groups is 2. The zero-order chi connectivity index (χ0) is 34.1.